The van der Waals surface area contributed by atoms with Crippen LogP contribution in [0.3, 0.4) is 0 Å². The third-order valence-electron chi connectivity index (χ3n) is 3.63. The van der Waals surface area contributed by atoms with Crippen molar-refractivity contribution in [1.29, 1.82) is 5.26 Å². The van der Waals surface area contributed by atoms with Crippen LogP contribution in [0.15, 0.2) is 48.7 Å². The van der Waals surface area contributed by atoms with E-state index in [4.69, 9.17) is 9.47 Å². The number of hydrogen-bond acceptors (Lipinski definition) is 5. The van der Waals surface area contributed by atoms with Crippen molar-refractivity contribution >= 4 is 34.7 Å². The van der Waals surface area contributed by atoms with Gasteiger partial charge in [-0.25, -0.2) is 0 Å². The Morgan fingerprint density at radius 2 is 1.84 bits per heavy atom. The summed E-state index contributed by atoms with van der Waals surface area (Å²) in [4.78, 5) is 4.34. The number of methoxy groups -OCH3 is 1. The molecule has 0 amide bonds. The van der Waals surface area contributed by atoms with E-state index in [-0.39, 0.29) is 12.4 Å². The molecular formula is C19H18ClN3O2. The molecule has 3 rings (SSSR count). The summed E-state index contributed by atoms with van der Waals surface area (Å²) in [7, 11) is 1.63. The van der Waals surface area contributed by atoms with Crippen LogP contribution < -0.4 is 14.8 Å². The first kappa shape index (κ1) is 18.4. The van der Waals surface area contributed by atoms with Crippen LogP contribution in [0.25, 0.3) is 10.9 Å². The fraction of sp³-hybridized carbons (Fsp3) is 0.158. The van der Waals surface area contributed by atoms with Crippen molar-refractivity contribution in [3.05, 3.63) is 54.2 Å². The first-order valence-electron chi connectivity index (χ1n) is 7.62. The third kappa shape index (κ3) is 3.93. The third-order valence-corrected chi connectivity index (χ3v) is 3.63. The molecule has 0 aliphatic carbocycles. The lowest BCUT2D eigenvalue weighted by Gasteiger charge is -2.13. The number of nitrogens with one attached hydrogen (secondary N) is 1. The van der Waals surface area contributed by atoms with Gasteiger partial charge >= 0.3 is 0 Å². The van der Waals surface area contributed by atoms with Gasteiger partial charge in [-0.15, -0.1) is 12.4 Å². The normalized spacial score (nSPS) is 9.80. The molecule has 0 saturated heterocycles. The Morgan fingerprint density at radius 3 is 2.48 bits per heavy atom. The number of rotatable bonds is 5. The van der Waals surface area contributed by atoms with Gasteiger partial charge in [0.05, 0.1) is 30.5 Å². The van der Waals surface area contributed by atoms with Crippen molar-refractivity contribution in [3.63, 3.8) is 0 Å². The number of anilines is 2. The van der Waals surface area contributed by atoms with Gasteiger partial charge in [0.25, 0.3) is 0 Å². The van der Waals surface area contributed by atoms with Crippen molar-refractivity contribution in [1.82, 2.24) is 4.98 Å². The number of halogens is 1. The SMILES string of the molecule is CCOc1ccc2ncc(C#N)c(Nc3ccc(OC)cc3)c2c1.Cl. The highest BCUT2D eigenvalue weighted by Crippen LogP contribution is 2.31. The van der Waals surface area contributed by atoms with Gasteiger partial charge in [-0.1, -0.05) is 0 Å². The average molecular weight is 356 g/mol. The van der Waals surface area contributed by atoms with Crippen molar-refractivity contribution in [2.45, 2.75) is 6.92 Å². The number of nitrogens with zero attached hydrogens (tertiary/aromatic N) is 2. The summed E-state index contributed by atoms with van der Waals surface area (Å²) in [5.41, 5.74) is 2.86. The lowest BCUT2D eigenvalue weighted by Crippen LogP contribution is -1.98. The number of fused-ring (bicyclic) bond motifs is 1. The topological polar surface area (TPSA) is 67.2 Å². The molecule has 25 heavy (non-hydrogen) atoms. The first-order chi connectivity index (χ1) is 11.7. The Morgan fingerprint density at radius 1 is 1.12 bits per heavy atom. The fourth-order valence-electron chi connectivity index (χ4n) is 2.47. The molecule has 1 N–H and O–H groups in total. The molecule has 0 aliphatic heterocycles. The zero-order valence-corrected chi connectivity index (χ0v) is 14.8. The van der Waals surface area contributed by atoms with Gasteiger partial charge in [-0.3, -0.25) is 4.98 Å². The molecule has 0 atom stereocenters. The number of hydrogen-bond donors (Lipinski definition) is 1. The molecule has 6 heteroatoms. The van der Waals surface area contributed by atoms with Gasteiger partial charge in [0.2, 0.25) is 0 Å². The highest BCUT2D eigenvalue weighted by Gasteiger charge is 2.10. The largest absolute Gasteiger partial charge is 0.497 e. The predicted molar refractivity (Wildman–Crippen MR) is 101 cm³/mol. The van der Waals surface area contributed by atoms with Crippen LogP contribution in [0.2, 0.25) is 0 Å². The minimum Gasteiger partial charge on any atom is -0.497 e. The number of nitriles is 1. The van der Waals surface area contributed by atoms with E-state index >= 15 is 0 Å². The maximum Gasteiger partial charge on any atom is 0.120 e. The number of ether oxygens (including phenoxy) is 2. The second-order valence-corrected chi connectivity index (χ2v) is 5.12. The molecule has 2 aromatic carbocycles. The second-order valence-electron chi connectivity index (χ2n) is 5.12. The molecule has 128 valence electrons. The summed E-state index contributed by atoms with van der Waals surface area (Å²) in [6, 6.07) is 15.4. The number of benzene rings is 2. The summed E-state index contributed by atoms with van der Waals surface area (Å²) >= 11 is 0. The van der Waals surface area contributed by atoms with E-state index in [0.717, 1.165) is 28.1 Å². The summed E-state index contributed by atoms with van der Waals surface area (Å²) < 4.78 is 10.7. The zero-order valence-electron chi connectivity index (χ0n) is 13.9. The molecule has 0 saturated carbocycles. The van der Waals surface area contributed by atoms with Gasteiger partial charge in [-0.05, 0) is 49.4 Å². The maximum absolute atomic E-state index is 9.43. The van der Waals surface area contributed by atoms with Crippen LogP contribution in [0.5, 0.6) is 11.5 Å². The van der Waals surface area contributed by atoms with Gasteiger partial charge in [-0.2, -0.15) is 5.26 Å². The fourth-order valence-corrected chi connectivity index (χ4v) is 2.47. The molecule has 0 fully saturated rings. The van der Waals surface area contributed by atoms with Crippen molar-refractivity contribution in [3.8, 4) is 17.6 Å². The molecular weight excluding hydrogens is 338 g/mol. The van der Waals surface area contributed by atoms with E-state index in [0.29, 0.717) is 17.9 Å². The van der Waals surface area contributed by atoms with E-state index in [2.05, 4.69) is 16.4 Å². The zero-order chi connectivity index (χ0) is 16.9. The van der Waals surface area contributed by atoms with E-state index in [9.17, 15) is 5.26 Å². The van der Waals surface area contributed by atoms with Gasteiger partial charge < -0.3 is 14.8 Å². The molecule has 3 aromatic rings. The van der Waals surface area contributed by atoms with Gasteiger partial charge in [0, 0.05) is 17.3 Å². The quantitative estimate of drug-likeness (QED) is 0.719. The molecule has 1 heterocycles. The minimum absolute atomic E-state index is 0. The molecule has 0 spiro atoms. The molecule has 5 nitrogen and oxygen atoms in total. The Bertz CT molecular complexity index is 905. The van der Waals surface area contributed by atoms with Crippen LogP contribution in [-0.2, 0) is 0 Å². The molecule has 0 aliphatic rings. The molecule has 0 bridgehead atoms. The first-order valence-corrected chi connectivity index (χ1v) is 7.62. The summed E-state index contributed by atoms with van der Waals surface area (Å²) in [6.07, 6.45) is 1.58. The maximum atomic E-state index is 9.43. The summed E-state index contributed by atoms with van der Waals surface area (Å²) in [5, 5.41) is 13.6. The Balaban J connectivity index is 0.00000225. The van der Waals surface area contributed by atoms with Gasteiger partial charge in [0.1, 0.15) is 17.6 Å². The van der Waals surface area contributed by atoms with Crippen LogP contribution in [0.4, 0.5) is 11.4 Å². The molecule has 1 aromatic heterocycles. The van der Waals surface area contributed by atoms with Gasteiger partial charge in [0.15, 0.2) is 0 Å². The Hall–Kier alpha value is -2.97. The lowest BCUT2D eigenvalue weighted by atomic mass is 10.1. The van der Waals surface area contributed by atoms with Crippen molar-refractivity contribution in [2.24, 2.45) is 0 Å². The van der Waals surface area contributed by atoms with Crippen LogP contribution >= 0.6 is 12.4 Å². The highest BCUT2D eigenvalue weighted by atomic mass is 35.5. The summed E-state index contributed by atoms with van der Waals surface area (Å²) in [6.45, 7) is 2.52. The lowest BCUT2D eigenvalue weighted by molar-refractivity contribution is 0.340. The highest BCUT2D eigenvalue weighted by molar-refractivity contribution is 5.96. The monoisotopic (exact) mass is 355 g/mol. The Labute approximate surface area is 152 Å². The molecule has 0 unspecified atom stereocenters. The van der Waals surface area contributed by atoms with Crippen LogP contribution in [0, 0.1) is 11.3 Å². The Kier molecular flexibility index (Phi) is 6.04. The summed E-state index contributed by atoms with van der Waals surface area (Å²) in [5.74, 6) is 1.53. The predicted octanol–water partition coefficient (Wildman–Crippen LogP) is 4.68. The van der Waals surface area contributed by atoms with E-state index in [1.165, 1.54) is 0 Å². The second kappa shape index (κ2) is 8.22. The standard InChI is InChI=1S/C19H17N3O2.ClH/c1-3-24-16-8-9-18-17(10-16)19(13(11-20)12-21-18)22-14-4-6-15(23-2)7-5-14;/h4-10,12H,3H2,1-2H3,(H,21,22);1H. The number of aromatic nitrogens is 1. The minimum atomic E-state index is 0. The number of pyridine rings is 1. The van der Waals surface area contributed by atoms with Crippen LogP contribution in [0.1, 0.15) is 12.5 Å². The van der Waals surface area contributed by atoms with Crippen molar-refractivity contribution in [2.75, 3.05) is 19.0 Å². The van der Waals surface area contributed by atoms with Crippen molar-refractivity contribution < 1.29 is 9.47 Å². The smallest absolute Gasteiger partial charge is 0.120 e. The van der Waals surface area contributed by atoms with E-state index < -0.39 is 0 Å². The molecule has 0 radical (unpaired) electrons. The van der Waals surface area contributed by atoms with E-state index in [1.807, 2.05) is 49.4 Å². The van der Waals surface area contributed by atoms with E-state index in [1.54, 1.807) is 13.3 Å². The van der Waals surface area contributed by atoms with Crippen LogP contribution in [-0.4, -0.2) is 18.7 Å². The average Bonchev–Trinajstić information content (AvgIpc) is 2.63.